The van der Waals surface area contributed by atoms with Gasteiger partial charge in [0.05, 0.1) is 6.61 Å². The maximum absolute atomic E-state index is 13.0. The van der Waals surface area contributed by atoms with Gasteiger partial charge in [0.1, 0.15) is 33.9 Å². The highest BCUT2D eigenvalue weighted by atomic mass is 79.9. The van der Waals surface area contributed by atoms with Crippen molar-refractivity contribution in [1.82, 2.24) is 15.0 Å². The molecule has 0 bridgehead atoms. The topological polar surface area (TPSA) is 118 Å². The minimum absolute atomic E-state index is 0.0559. The van der Waals surface area contributed by atoms with E-state index >= 15 is 0 Å². The first kappa shape index (κ1) is 24.4. The quantitative estimate of drug-likeness (QED) is 0.243. The van der Waals surface area contributed by atoms with E-state index in [1.54, 1.807) is 62.5 Å². The normalized spacial score (nSPS) is 11.1. The minimum Gasteiger partial charge on any atom is -0.492 e. The molecule has 35 heavy (non-hydrogen) atoms. The third kappa shape index (κ3) is 6.46. The van der Waals surface area contributed by atoms with Gasteiger partial charge in [0.25, 0.3) is 10.0 Å². The average Bonchev–Trinajstić information content (AvgIpc) is 2.82. The number of halogens is 1. The fourth-order valence-electron chi connectivity index (χ4n) is 3.21. The summed E-state index contributed by atoms with van der Waals surface area (Å²) in [6, 6.07) is 19.0. The zero-order valence-corrected chi connectivity index (χ0v) is 21.4. The molecule has 0 fully saturated rings. The second-order valence-electron chi connectivity index (χ2n) is 7.36. The molecule has 0 saturated heterocycles. The van der Waals surface area contributed by atoms with Crippen molar-refractivity contribution in [2.75, 3.05) is 22.0 Å². The number of benzene rings is 2. The summed E-state index contributed by atoms with van der Waals surface area (Å²) in [6.07, 6.45) is 1.69. The molecule has 0 aliphatic carbocycles. The van der Waals surface area contributed by atoms with Crippen LogP contribution in [0.15, 0.2) is 82.3 Å². The minimum atomic E-state index is -3.86. The number of anilines is 5. The lowest BCUT2D eigenvalue weighted by Gasteiger charge is -2.14. The van der Waals surface area contributed by atoms with Crippen LogP contribution in [0.5, 0.6) is 5.75 Å². The highest BCUT2D eigenvalue weighted by Crippen LogP contribution is 2.30. The molecular weight excluding hydrogens is 532 g/mol. The van der Waals surface area contributed by atoms with Crippen LogP contribution >= 0.6 is 15.9 Å². The van der Waals surface area contributed by atoms with Crippen molar-refractivity contribution in [3.05, 3.63) is 83.2 Å². The zero-order chi connectivity index (χ0) is 24.8. The molecule has 0 saturated carbocycles. The van der Waals surface area contributed by atoms with E-state index in [9.17, 15) is 8.42 Å². The van der Waals surface area contributed by atoms with Crippen molar-refractivity contribution in [3.63, 3.8) is 0 Å². The Morgan fingerprint density at radius 3 is 2.29 bits per heavy atom. The van der Waals surface area contributed by atoms with E-state index in [1.165, 1.54) is 6.07 Å². The molecule has 9 nitrogen and oxygen atoms in total. The molecule has 2 aromatic heterocycles. The van der Waals surface area contributed by atoms with E-state index in [4.69, 9.17) is 4.74 Å². The molecule has 0 amide bonds. The van der Waals surface area contributed by atoms with Gasteiger partial charge >= 0.3 is 0 Å². The lowest BCUT2D eigenvalue weighted by Crippen LogP contribution is -2.14. The van der Waals surface area contributed by atoms with Gasteiger partial charge in [-0.3, -0.25) is 4.72 Å². The standard InChI is InChI=1S/C24H23BrN6O3S/c1-3-34-20-12-7-17(25)14-21(20)35(32,33)31-19-10-8-18(9-11-19)29-23-15-24(28-16(2)27-23)30-22-6-4-5-13-26-22/h4-15,31H,3H2,1-2H3,(H2,26,27,28,29,30). The Kier molecular flexibility index (Phi) is 7.47. The first-order chi connectivity index (χ1) is 16.8. The second kappa shape index (κ2) is 10.7. The summed E-state index contributed by atoms with van der Waals surface area (Å²) in [6.45, 7) is 3.95. The van der Waals surface area contributed by atoms with E-state index < -0.39 is 10.0 Å². The van der Waals surface area contributed by atoms with Gasteiger partial charge in [-0.1, -0.05) is 22.0 Å². The first-order valence-electron chi connectivity index (χ1n) is 10.7. The molecule has 0 spiro atoms. The fraction of sp³-hybridized carbons (Fsp3) is 0.125. The van der Waals surface area contributed by atoms with E-state index in [1.807, 2.05) is 18.2 Å². The molecule has 0 aliphatic heterocycles. The van der Waals surface area contributed by atoms with Crippen LogP contribution < -0.4 is 20.1 Å². The van der Waals surface area contributed by atoms with Crippen LogP contribution in [0.1, 0.15) is 12.7 Å². The summed E-state index contributed by atoms with van der Waals surface area (Å²) >= 11 is 3.32. The molecule has 4 aromatic rings. The Morgan fingerprint density at radius 1 is 0.886 bits per heavy atom. The molecule has 4 rings (SSSR count). The summed E-state index contributed by atoms with van der Waals surface area (Å²) in [5.41, 5.74) is 1.14. The van der Waals surface area contributed by atoms with Gasteiger partial charge in [0.2, 0.25) is 0 Å². The van der Waals surface area contributed by atoms with Crippen LogP contribution in [0.2, 0.25) is 0 Å². The molecule has 0 atom stereocenters. The van der Waals surface area contributed by atoms with Gasteiger partial charge in [0.15, 0.2) is 0 Å². The number of hydrogen-bond donors (Lipinski definition) is 3. The zero-order valence-electron chi connectivity index (χ0n) is 19.0. The maximum atomic E-state index is 13.0. The smallest absolute Gasteiger partial charge is 0.265 e. The summed E-state index contributed by atoms with van der Waals surface area (Å²) < 4.78 is 34.7. The number of hydrogen-bond acceptors (Lipinski definition) is 8. The maximum Gasteiger partial charge on any atom is 0.265 e. The lowest BCUT2D eigenvalue weighted by atomic mass is 10.3. The van der Waals surface area contributed by atoms with Crippen LogP contribution in [-0.2, 0) is 10.0 Å². The average molecular weight is 555 g/mol. The number of nitrogens with one attached hydrogen (secondary N) is 3. The predicted molar refractivity (Wildman–Crippen MR) is 140 cm³/mol. The van der Waals surface area contributed by atoms with Crippen molar-refractivity contribution >= 4 is 54.8 Å². The number of sulfonamides is 1. The number of aromatic nitrogens is 3. The highest BCUT2D eigenvalue weighted by molar-refractivity contribution is 9.10. The van der Waals surface area contributed by atoms with Crippen molar-refractivity contribution in [1.29, 1.82) is 0 Å². The molecular formula is C24H23BrN6O3S. The SMILES string of the molecule is CCOc1ccc(Br)cc1S(=O)(=O)Nc1ccc(Nc2cc(Nc3ccccn3)nc(C)n2)cc1. The van der Waals surface area contributed by atoms with Gasteiger partial charge in [0, 0.05) is 28.1 Å². The van der Waals surface area contributed by atoms with Crippen molar-refractivity contribution < 1.29 is 13.2 Å². The Bertz CT molecular complexity index is 1420. The van der Waals surface area contributed by atoms with Crippen LogP contribution in [0.25, 0.3) is 0 Å². The Hall–Kier alpha value is -3.70. The summed E-state index contributed by atoms with van der Waals surface area (Å²) in [5, 5.41) is 6.36. The van der Waals surface area contributed by atoms with Gasteiger partial charge in [-0.25, -0.2) is 23.4 Å². The van der Waals surface area contributed by atoms with Crippen LogP contribution in [0, 0.1) is 6.92 Å². The monoisotopic (exact) mass is 554 g/mol. The van der Waals surface area contributed by atoms with E-state index in [-0.39, 0.29) is 10.6 Å². The third-order valence-electron chi connectivity index (χ3n) is 4.66. The van der Waals surface area contributed by atoms with Gasteiger partial charge in [-0.05, 0) is 68.4 Å². The largest absolute Gasteiger partial charge is 0.492 e. The molecule has 2 heterocycles. The summed E-state index contributed by atoms with van der Waals surface area (Å²) in [5.74, 6) is 2.72. The number of pyridine rings is 1. The van der Waals surface area contributed by atoms with E-state index in [0.29, 0.717) is 40.0 Å². The Labute approximate surface area is 212 Å². The Balaban J connectivity index is 1.49. The van der Waals surface area contributed by atoms with E-state index in [2.05, 4.69) is 46.2 Å². The molecule has 3 N–H and O–H groups in total. The molecule has 0 radical (unpaired) electrons. The molecule has 180 valence electrons. The number of nitrogens with zero attached hydrogens (tertiary/aromatic N) is 3. The second-order valence-corrected chi connectivity index (χ2v) is 9.92. The van der Waals surface area contributed by atoms with Crippen LogP contribution in [0.3, 0.4) is 0 Å². The molecule has 0 unspecified atom stereocenters. The third-order valence-corrected chi connectivity index (χ3v) is 6.56. The summed E-state index contributed by atoms with van der Waals surface area (Å²) in [4.78, 5) is 13.1. The van der Waals surface area contributed by atoms with Crippen molar-refractivity contribution in [2.45, 2.75) is 18.7 Å². The van der Waals surface area contributed by atoms with Gasteiger partial charge in [-0.2, -0.15) is 0 Å². The van der Waals surface area contributed by atoms with Crippen LogP contribution in [-0.4, -0.2) is 30.0 Å². The highest BCUT2D eigenvalue weighted by Gasteiger charge is 2.20. The molecule has 0 aliphatic rings. The first-order valence-corrected chi connectivity index (χ1v) is 13.0. The van der Waals surface area contributed by atoms with Crippen molar-refractivity contribution in [3.8, 4) is 5.75 Å². The molecule has 11 heteroatoms. The van der Waals surface area contributed by atoms with E-state index in [0.717, 1.165) is 5.69 Å². The van der Waals surface area contributed by atoms with Crippen LogP contribution in [0.4, 0.5) is 28.8 Å². The van der Waals surface area contributed by atoms with Crippen molar-refractivity contribution in [2.24, 2.45) is 0 Å². The predicted octanol–water partition coefficient (Wildman–Crippen LogP) is 5.63. The number of aryl methyl sites for hydroxylation is 1. The summed E-state index contributed by atoms with van der Waals surface area (Å²) in [7, 11) is -3.86. The van der Waals surface area contributed by atoms with Gasteiger partial charge in [-0.15, -0.1) is 0 Å². The lowest BCUT2D eigenvalue weighted by molar-refractivity contribution is 0.331. The Morgan fingerprint density at radius 2 is 1.60 bits per heavy atom. The number of rotatable bonds is 9. The molecule has 2 aromatic carbocycles. The van der Waals surface area contributed by atoms with Gasteiger partial charge < -0.3 is 15.4 Å². The fourth-order valence-corrected chi connectivity index (χ4v) is 4.95. The number of ether oxygens (including phenoxy) is 1.